The molecular weight excluding hydrogens is 320 g/mol. The van der Waals surface area contributed by atoms with E-state index in [9.17, 15) is 9.59 Å². The maximum absolute atomic E-state index is 12.7. The number of carbonyl (C=O) groups excluding carboxylic acids is 2. The number of piperazine rings is 1. The Morgan fingerprint density at radius 2 is 2.16 bits per heavy atom. The molecule has 1 saturated heterocycles. The molecule has 0 N–H and O–H groups in total. The predicted octanol–water partition coefficient (Wildman–Crippen LogP) is 1.85. The van der Waals surface area contributed by atoms with Gasteiger partial charge in [0.25, 0.3) is 5.91 Å². The Kier molecular flexibility index (Phi) is 4.92. The molecule has 0 radical (unpaired) electrons. The number of hydrogen-bond acceptors (Lipinski definition) is 4. The van der Waals surface area contributed by atoms with Crippen LogP contribution in [0, 0.1) is 5.92 Å². The number of carbonyl (C=O) groups is 2. The number of aromatic nitrogens is 2. The van der Waals surface area contributed by atoms with Crippen molar-refractivity contribution in [2.45, 2.75) is 33.4 Å². The molecule has 7 heteroatoms. The summed E-state index contributed by atoms with van der Waals surface area (Å²) in [5.41, 5.74) is 0. The van der Waals surface area contributed by atoms with Gasteiger partial charge in [-0.05, 0) is 25.0 Å². The summed E-state index contributed by atoms with van der Waals surface area (Å²) in [6.45, 7) is 8.28. The highest BCUT2D eigenvalue weighted by Gasteiger charge is 2.35. The molecule has 0 aliphatic carbocycles. The van der Waals surface area contributed by atoms with Crippen LogP contribution >= 0.6 is 0 Å². The second-order valence-electron chi connectivity index (χ2n) is 6.85. The fraction of sp³-hybridized carbons (Fsp3) is 0.500. The second kappa shape index (κ2) is 7.13. The third kappa shape index (κ3) is 3.75. The summed E-state index contributed by atoms with van der Waals surface area (Å²) in [5, 5.41) is 0. The molecule has 0 spiro atoms. The summed E-state index contributed by atoms with van der Waals surface area (Å²) in [5.74, 6) is 1.13. The lowest BCUT2D eigenvalue weighted by molar-refractivity contribution is -0.140. The van der Waals surface area contributed by atoms with E-state index < -0.39 is 6.04 Å². The van der Waals surface area contributed by atoms with Crippen LogP contribution in [0.5, 0.6) is 0 Å². The number of nitrogens with zero attached hydrogens (tertiary/aromatic N) is 4. The minimum Gasteiger partial charge on any atom is -0.454 e. The van der Waals surface area contributed by atoms with Crippen LogP contribution in [-0.2, 0) is 11.3 Å². The highest BCUT2D eigenvalue weighted by Crippen LogP contribution is 2.18. The van der Waals surface area contributed by atoms with E-state index in [1.165, 1.54) is 0 Å². The highest BCUT2D eigenvalue weighted by molar-refractivity contribution is 5.96. The second-order valence-corrected chi connectivity index (χ2v) is 6.85. The summed E-state index contributed by atoms with van der Waals surface area (Å²) in [6.07, 6.45) is 5.22. The van der Waals surface area contributed by atoms with Crippen LogP contribution in [-0.4, -0.2) is 56.8 Å². The fourth-order valence-electron chi connectivity index (χ4n) is 3.11. The molecule has 0 aromatic carbocycles. The lowest BCUT2D eigenvalue weighted by atomic mass is 10.1. The minimum absolute atomic E-state index is 0.00139. The molecule has 134 valence electrons. The molecule has 1 aliphatic rings. The maximum atomic E-state index is 12.7. The van der Waals surface area contributed by atoms with Crippen LogP contribution in [0.1, 0.15) is 37.1 Å². The molecular formula is C18H24N4O3. The maximum Gasteiger partial charge on any atom is 0.290 e. The van der Waals surface area contributed by atoms with Gasteiger partial charge >= 0.3 is 0 Å². The molecule has 0 bridgehead atoms. The quantitative estimate of drug-likeness (QED) is 0.830. The largest absolute Gasteiger partial charge is 0.454 e. The molecule has 25 heavy (non-hydrogen) atoms. The molecule has 1 aliphatic heterocycles. The van der Waals surface area contributed by atoms with E-state index in [4.69, 9.17) is 4.42 Å². The van der Waals surface area contributed by atoms with Crippen LogP contribution in [0.2, 0.25) is 0 Å². The van der Waals surface area contributed by atoms with Crippen LogP contribution in [0.4, 0.5) is 0 Å². The van der Waals surface area contributed by atoms with E-state index in [0.29, 0.717) is 31.3 Å². The standard InChI is InChI=1S/C18H24N4O3/c1-13(2)10-21-8-9-22(14(3)17(21)23)18(24)16-5-4-15(25-16)11-20-7-6-19-12-20/h4-7,12-14H,8-11H2,1-3H3/t14-/m1/s1. The average Bonchev–Trinajstić information content (AvgIpc) is 3.23. The fourth-order valence-corrected chi connectivity index (χ4v) is 3.11. The zero-order valence-electron chi connectivity index (χ0n) is 14.9. The normalized spacial score (nSPS) is 18.2. The minimum atomic E-state index is -0.470. The van der Waals surface area contributed by atoms with Crippen LogP contribution < -0.4 is 0 Å². The van der Waals surface area contributed by atoms with Gasteiger partial charge in [-0.3, -0.25) is 9.59 Å². The Labute approximate surface area is 147 Å². The number of rotatable bonds is 5. The van der Waals surface area contributed by atoms with Crippen LogP contribution in [0.3, 0.4) is 0 Å². The van der Waals surface area contributed by atoms with Gasteiger partial charge in [0, 0.05) is 32.0 Å². The van der Waals surface area contributed by atoms with E-state index in [2.05, 4.69) is 18.8 Å². The van der Waals surface area contributed by atoms with Gasteiger partial charge in [0.05, 0.1) is 12.9 Å². The van der Waals surface area contributed by atoms with Gasteiger partial charge in [-0.2, -0.15) is 0 Å². The van der Waals surface area contributed by atoms with Gasteiger partial charge in [-0.25, -0.2) is 4.98 Å². The average molecular weight is 344 g/mol. The SMILES string of the molecule is CC(C)CN1CCN(C(=O)c2ccc(Cn3ccnc3)o2)[C@H](C)C1=O. The third-order valence-electron chi connectivity index (χ3n) is 4.36. The summed E-state index contributed by atoms with van der Waals surface area (Å²) in [4.78, 5) is 32.7. The molecule has 1 fully saturated rings. The van der Waals surface area contributed by atoms with Crippen molar-refractivity contribution in [1.29, 1.82) is 0 Å². The Hall–Kier alpha value is -2.57. The van der Waals surface area contributed by atoms with E-state index in [-0.39, 0.29) is 17.6 Å². The number of furan rings is 1. The third-order valence-corrected chi connectivity index (χ3v) is 4.36. The molecule has 0 saturated carbocycles. The summed E-state index contributed by atoms with van der Waals surface area (Å²) in [6, 6.07) is 2.99. The summed E-state index contributed by atoms with van der Waals surface area (Å²) >= 11 is 0. The van der Waals surface area contributed by atoms with E-state index >= 15 is 0 Å². The van der Waals surface area contributed by atoms with Crippen molar-refractivity contribution in [2.24, 2.45) is 5.92 Å². The van der Waals surface area contributed by atoms with Crippen molar-refractivity contribution in [3.05, 3.63) is 42.4 Å². The molecule has 0 unspecified atom stereocenters. The first kappa shape index (κ1) is 17.3. The zero-order valence-corrected chi connectivity index (χ0v) is 14.9. The molecule has 2 aromatic rings. The molecule has 3 heterocycles. The Bertz CT molecular complexity index is 735. The summed E-state index contributed by atoms with van der Waals surface area (Å²) in [7, 11) is 0. The van der Waals surface area contributed by atoms with E-state index in [1.54, 1.807) is 36.5 Å². The Morgan fingerprint density at radius 1 is 1.36 bits per heavy atom. The van der Waals surface area contributed by atoms with Crippen LogP contribution in [0.25, 0.3) is 0 Å². The van der Waals surface area contributed by atoms with Crippen molar-refractivity contribution in [2.75, 3.05) is 19.6 Å². The molecule has 2 amide bonds. The number of imidazole rings is 1. The lowest BCUT2D eigenvalue weighted by Crippen LogP contribution is -2.58. The smallest absolute Gasteiger partial charge is 0.290 e. The van der Waals surface area contributed by atoms with Gasteiger partial charge in [-0.15, -0.1) is 0 Å². The Morgan fingerprint density at radius 3 is 2.84 bits per heavy atom. The number of amides is 2. The van der Waals surface area contributed by atoms with Gasteiger partial charge in [-0.1, -0.05) is 13.8 Å². The molecule has 2 aromatic heterocycles. The van der Waals surface area contributed by atoms with Crippen molar-refractivity contribution in [1.82, 2.24) is 19.4 Å². The lowest BCUT2D eigenvalue weighted by Gasteiger charge is -2.39. The first-order chi connectivity index (χ1) is 12.0. The topological polar surface area (TPSA) is 71.6 Å². The van der Waals surface area contributed by atoms with E-state index in [0.717, 1.165) is 6.54 Å². The van der Waals surface area contributed by atoms with Crippen LogP contribution in [0.15, 0.2) is 35.3 Å². The zero-order chi connectivity index (χ0) is 18.0. The highest BCUT2D eigenvalue weighted by atomic mass is 16.4. The summed E-state index contributed by atoms with van der Waals surface area (Å²) < 4.78 is 7.55. The molecule has 3 rings (SSSR count). The molecule has 1 atom stereocenters. The Balaban J connectivity index is 1.67. The predicted molar refractivity (Wildman–Crippen MR) is 92.0 cm³/mol. The van der Waals surface area contributed by atoms with Gasteiger partial charge in [0.15, 0.2) is 5.76 Å². The van der Waals surface area contributed by atoms with E-state index in [1.807, 2.05) is 15.7 Å². The monoisotopic (exact) mass is 344 g/mol. The van der Waals surface area contributed by atoms with Crippen molar-refractivity contribution >= 4 is 11.8 Å². The van der Waals surface area contributed by atoms with Crippen molar-refractivity contribution < 1.29 is 14.0 Å². The van der Waals surface area contributed by atoms with Gasteiger partial charge in [0.2, 0.25) is 5.91 Å². The van der Waals surface area contributed by atoms with Gasteiger partial charge in [0.1, 0.15) is 11.8 Å². The first-order valence-corrected chi connectivity index (χ1v) is 8.60. The first-order valence-electron chi connectivity index (χ1n) is 8.60. The van der Waals surface area contributed by atoms with Crippen molar-refractivity contribution in [3.63, 3.8) is 0 Å². The number of hydrogen-bond donors (Lipinski definition) is 0. The molecule has 7 nitrogen and oxygen atoms in total. The van der Waals surface area contributed by atoms with Crippen molar-refractivity contribution in [3.8, 4) is 0 Å². The van der Waals surface area contributed by atoms with Gasteiger partial charge < -0.3 is 18.8 Å².